The Labute approximate surface area is 503 Å². The molecule has 3 aromatic carbocycles. The van der Waals surface area contributed by atoms with Crippen molar-refractivity contribution in [2.75, 3.05) is 26.7 Å². The van der Waals surface area contributed by atoms with E-state index in [4.69, 9.17) is 10.5 Å². The Kier molecular flexibility index (Phi) is 30.6. The van der Waals surface area contributed by atoms with E-state index in [9.17, 15) is 72.9 Å². The summed E-state index contributed by atoms with van der Waals surface area (Å²) in [5, 5.41) is 51.5. The third-order valence-corrected chi connectivity index (χ3v) is 14.5. The van der Waals surface area contributed by atoms with Crippen LogP contribution in [0, 0.1) is 17.8 Å². The molecule has 0 spiro atoms. The molecular formula is C59H82N10O16S. The lowest BCUT2D eigenvalue weighted by Crippen LogP contribution is -2.60. The van der Waals surface area contributed by atoms with Gasteiger partial charge in [0, 0.05) is 37.1 Å². The molecule has 0 saturated heterocycles. The minimum atomic E-state index is -1.69. The van der Waals surface area contributed by atoms with Crippen LogP contribution in [0.3, 0.4) is 0 Å². The molecule has 0 bridgehead atoms. The highest BCUT2D eigenvalue weighted by Crippen LogP contribution is 2.23. The van der Waals surface area contributed by atoms with Gasteiger partial charge in [-0.1, -0.05) is 84.0 Å². The van der Waals surface area contributed by atoms with Crippen molar-refractivity contribution < 1.29 is 77.6 Å². The van der Waals surface area contributed by atoms with E-state index in [1.807, 2.05) is 0 Å². The van der Waals surface area contributed by atoms with Gasteiger partial charge in [-0.05, 0) is 97.4 Å². The van der Waals surface area contributed by atoms with Crippen LogP contribution in [0.25, 0.3) is 0 Å². The average Bonchev–Trinajstić information content (AvgIpc) is 3.18. The SMILES string of the molecule is COc1ccc(CS[C@H](CC(=O)NCCCC[C@H](NC(=O)[C@H](CC(C)C)NC(=O)[C@@H](NC(=O)CNC(=O)c2ccccc2)C(C)C)C(=O)N[C@@H](CCC(=O)O)C(=O)N[C@@H](Cc2ccc(O)cc2)C(=O)NCC(=O)N[C@H](C(N)=O)C(C)C)C(=O)O)cc1. The second kappa shape index (κ2) is 36.8. The molecule has 0 aliphatic rings. The van der Waals surface area contributed by atoms with Gasteiger partial charge in [0.05, 0.1) is 20.2 Å². The highest BCUT2D eigenvalue weighted by Gasteiger charge is 2.34. The predicted octanol–water partition coefficient (Wildman–Crippen LogP) is 1.17. The van der Waals surface area contributed by atoms with Crippen molar-refractivity contribution in [2.45, 2.75) is 140 Å². The molecule has 470 valence electrons. The van der Waals surface area contributed by atoms with Gasteiger partial charge in [0.25, 0.3) is 5.91 Å². The first kappa shape index (κ1) is 71.5. The van der Waals surface area contributed by atoms with E-state index in [2.05, 4.69) is 47.9 Å². The molecule has 27 heteroatoms. The quantitative estimate of drug-likeness (QED) is 0.0358. The number of nitrogens with one attached hydrogen (secondary N) is 9. The van der Waals surface area contributed by atoms with Crippen LogP contribution in [0.1, 0.15) is 108 Å². The van der Waals surface area contributed by atoms with Crippen LogP contribution in [0.4, 0.5) is 0 Å². The van der Waals surface area contributed by atoms with Gasteiger partial charge >= 0.3 is 11.9 Å². The molecule has 7 atom stereocenters. The molecule has 3 rings (SSSR count). The largest absolute Gasteiger partial charge is 0.508 e. The standard InChI is InChI=1S/C59H82N10O16S/c1-33(2)27-43(67-58(82)51(35(5)6)69-48(73)30-62-53(77)38-13-9-8-10-14-38)57(81)64-41(15-11-12-26-61-46(71)29-45(59(83)84)86-32-37-18-22-40(85-7)23-19-37)55(79)65-42(24-25-49(74)75)56(80)66-44(28-36-16-20-39(70)21-17-36)54(78)63-31-47(72)68-50(34(3)4)52(60)76/h8-10,13-14,16-23,33-35,41-45,50-51,70H,11-12,15,24-32H2,1-7H3,(H2,60,76)(H,61,71)(H,62,77)(H,63,78)(H,64,81)(H,65,79)(H,66,80)(H,67,82)(H,68,72)(H,69,73)(H,74,75)(H,83,84)/t41-,42-,43-,44-,45+,50-,51-/m0/s1. The molecular weight excluding hydrogens is 1140 g/mol. The normalized spacial score (nSPS) is 13.5. The minimum Gasteiger partial charge on any atom is -0.508 e. The number of hydrogen-bond acceptors (Lipinski definition) is 15. The summed E-state index contributed by atoms with van der Waals surface area (Å²) in [6.07, 6.45) is -1.74. The van der Waals surface area contributed by atoms with Gasteiger partial charge in [0.1, 0.15) is 53.0 Å². The Balaban J connectivity index is 1.90. The third kappa shape index (κ3) is 26.4. The Morgan fingerprint density at radius 3 is 1.64 bits per heavy atom. The first-order valence-corrected chi connectivity index (χ1v) is 29.2. The zero-order chi connectivity index (χ0) is 64.0. The number of primary amides is 1. The third-order valence-electron chi connectivity index (χ3n) is 13.2. The van der Waals surface area contributed by atoms with Gasteiger partial charge < -0.3 is 73.6 Å². The highest BCUT2D eigenvalue weighted by atomic mass is 32.2. The number of unbranched alkanes of at least 4 members (excludes halogenated alkanes) is 1. The van der Waals surface area contributed by atoms with E-state index < -0.39 is 150 Å². The van der Waals surface area contributed by atoms with Gasteiger partial charge in [-0.2, -0.15) is 0 Å². The molecule has 0 aliphatic carbocycles. The first-order chi connectivity index (χ1) is 40.7. The number of phenolic OH excluding ortho intramolecular Hbond substituents is 1. The van der Waals surface area contributed by atoms with Crippen molar-refractivity contribution in [1.82, 2.24) is 47.9 Å². The highest BCUT2D eigenvalue weighted by molar-refractivity contribution is 7.99. The molecule has 0 heterocycles. The zero-order valence-electron chi connectivity index (χ0n) is 49.4. The van der Waals surface area contributed by atoms with Crippen LogP contribution in [-0.4, -0.2) is 155 Å². The molecule has 0 unspecified atom stereocenters. The van der Waals surface area contributed by atoms with Crippen LogP contribution in [-0.2, 0) is 64.9 Å². The Morgan fingerprint density at radius 2 is 1.09 bits per heavy atom. The van der Waals surface area contributed by atoms with E-state index in [0.717, 1.165) is 17.3 Å². The maximum absolute atomic E-state index is 14.5. The number of ether oxygens (including phenoxy) is 1. The second-order valence-corrected chi connectivity index (χ2v) is 22.7. The summed E-state index contributed by atoms with van der Waals surface area (Å²) >= 11 is 1.06. The molecule has 0 fully saturated rings. The summed E-state index contributed by atoms with van der Waals surface area (Å²) in [5.74, 6) is -11.0. The molecule has 26 nitrogen and oxygen atoms in total. The van der Waals surface area contributed by atoms with E-state index in [1.165, 1.54) is 31.4 Å². The number of methoxy groups -OCH3 is 1. The van der Waals surface area contributed by atoms with Gasteiger partial charge in [-0.3, -0.25) is 57.5 Å². The monoisotopic (exact) mass is 1220 g/mol. The Hall–Kier alpha value is -8.75. The maximum atomic E-state index is 14.5. The summed E-state index contributed by atoms with van der Waals surface area (Å²) in [7, 11) is 1.52. The van der Waals surface area contributed by atoms with E-state index in [1.54, 1.807) is 96.1 Å². The molecule has 0 aliphatic heterocycles. The van der Waals surface area contributed by atoms with E-state index in [0.29, 0.717) is 22.6 Å². The minimum absolute atomic E-state index is 0.000119. The number of carboxylic acids is 2. The average molecular weight is 1220 g/mol. The van der Waals surface area contributed by atoms with Crippen molar-refractivity contribution in [1.29, 1.82) is 0 Å². The predicted molar refractivity (Wildman–Crippen MR) is 318 cm³/mol. The first-order valence-electron chi connectivity index (χ1n) is 28.1. The van der Waals surface area contributed by atoms with Crippen LogP contribution in [0.5, 0.6) is 11.5 Å². The fourth-order valence-corrected chi connectivity index (χ4v) is 9.43. The Morgan fingerprint density at radius 1 is 0.558 bits per heavy atom. The number of benzene rings is 3. The summed E-state index contributed by atoms with van der Waals surface area (Å²) < 4.78 is 5.17. The number of thioether (sulfide) groups is 1. The summed E-state index contributed by atoms with van der Waals surface area (Å²) in [6, 6.07) is 12.4. The lowest BCUT2D eigenvalue weighted by molar-refractivity contribution is -0.139. The summed E-state index contributed by atoms with van der Waals surface area (Å²) in [4.78, 5) is 159. The summed E-state index contributed by atoms with van der Waals surface area (Å²) in [6.45, 7) is 8.95. The lowest BCUT2D eigenvalue weighted by atomic mass is 9.99. The second-order valence-electron chi connectivity index (χ2n) is 21.5. The van der Waals surface area contributed by atoms with Gasteiger partial charge in [-0.15, -0.1) is 11.8 Å². The number of amides is 10. The molecule has 0 radical (unpaired) electrons. The van der Waals surface area contributed by atoms with Crippen molar-refractivity contribution >= 4 is 82.8 Å². The number of aromatic hydroxyl groups is 1. The number of carbonyl (C=O) groups is 12. The van der Waals surface area contributed by atoms with Crippen molar-refractivity contribution in [3.05, 3.63) is 95.6 Å². The van der Waals surface area contributed by atoms with Gasteiger partial charge in [0.15, 0.2) is 0 Å². The smallest absolute Gasteiger partial charge is 0.317 e. The van der Waals surface area contributed by atoms with Crippen LogP contribution < -0.4 is 58.3 Å². The number of carboxylic acid groups (broad SMARTS) is 2. The molecule has 0 aromatic heterocycles. The van der Waals surface area contributed by atoms with Crippen LogP contribution >= 0.6 is 11.8 Å². The fraction of sp³-hybridized carbons (Fsp3) is 0.492. The number of nitrogens with two attached hydrogens (primary N) is 1. The van der Waals surface area contributed by atoms with Crippen LogP contribution in [0.15, 0.2) is 78.9 Å². The maximum Gasteiger partial charge on any atom is 0.317 e. The van der Waals surface area contributed by atoms with Crippen LogP contribution in [0.2, 0.25) is 0 Å². The molecule has 10 amide bonds. The number of aliphatic carboxylic acids is 2. The molecule has 14 N–H and O–H groups in total. The van der Waals surface area contributed by atoms with Crippen molar-refractivity contribution in [3.63, 3.8) is 0 Å². The Bertz CT molecular complexity index is 2790. The van der Waals surface area contributed by atoms with Crippen molar-refractivity contribution in [2.24, 2.45) is 23.5 Å². The molecule has 0 saturated carbocycles. The number of rotatable bonds is 38. The van der Waals surface area contributed by atoms with Gasteiger partial charge in [-0.25, -0.2) is 0 Å². The fourth-order valence-electron chi connectivity index (χ4n) is 8.43. The van der Waals surface area contributed by atoms with E-state index in [-0.39, 0.29) is 56.7 Å². The van der Waals surface area contributed by atoms with Gasteiger partial charge in [0.2, 0.25) is 53.2 Å². The molecule has 86 heavy (non-hydrogen) atoms. The number of phenols is 1. The zero-order valence-corrected chi connectivity index (χ0v) is 50.2. The summed E-state index contributed by atoms with van der Waals surface area (Å²) in [5.41, 5.74) is 6.95. The topological polar surface area (TPSA) is 409 Å². The van der Waals surface area contributed by atoms with E-state index >= 15 is 0 Å². The number of hydrogen-bond donors (Lipinski definition) is 13. The molecule has 3 aromatic rings. The lowest BCUT2D eigenvalue weighted by Gasteiger charge is -2.28. The number of carbonyl (C=O) groups excluding carboxylic acids is 10. The van der Waals surface area contributed by atoms with Crippen molar-refractivity contribution in [3.8, 4) is 11.5 Å².